The summed E-state index contributed by atoms with van der Waals surface area (Å²) in [5, 5.41) is 14.2. The van der Waals surface area contributed by atoms with Gasteiger partial charge in [-0.05, 0) is 19.3 Å². The van der Waals surface area contributed by atoms with Gasteiger partial charge in [0.2, 0.25) is 5.91 Å². The van der Waals surface area contributed by atoms with Crippen molar-refractivity contribution in [1.29, 1.82) is 0 Å². The molecule has 0 aromatic rings. The molecule has 9 heteroatoms. The predicted molar refractivity (Wildman–Crippen MR) is 83.0 cm³/mol. The van der Waals surface area contributed by atoms with Gasteiger partial charge in [0.15, 0.2) is 5.96 Å². The Morgan fingerprint density at radius 2 is 2.09 bits per heavy atom. The van der Waals surface area contributed by atoms with Gasteiger partial charge in [0.05, 0.1) is 13.7 Å². The fraction of sp³-hybridized carbons (Fsp3) is 0.769. The first-order valence-electron chi connectivity index (χ1n) is 7.24. The van der Waals surface area contributed by atoms with E-state index in [9.17, 15) is 9.59 Å². The lowest BCUT2D eigenvalue weighted by atomic mass is 10.1. The first-order chi connectivity index (χ1) is 10.5. The average Bonchev–Trinajstić information content (AvgIpc) is 2.53. The monoisotopic (exact) mass is 317 g/mol. The number of nitrogens with two attached hydrogens (primary N) is 2. The molecule has 128 valence electrons. The Labute approximate surface area is 130 Å². The van der Waals surface area contributed by atoms with Crippen molar-refractivity contribution in [3.63, 3.8) is 0 Å². The van der Waals surface area contributed by atoms with Gasteiger partial charge in [-0.25, -0.2) is 4.79 Å². The third-order valence-electron chi connectivity index (χ3n) is 2.82. The molecule has 0 rings (SSSR count). The van der Waals surface area contributed by atoms with Crippen LogP contribution in [0.3, 0.4) is 0 Å². The number of aliphatic imine (C=N–C) groups is 1. The summed E-state index contributed by atoms with van der Waals surface area (Å²) in [7, 11) is 1.24. The van der Waals surface area contributed by atoms with E-state index in [1.54, 1.807) is 0 Å². The highest BCUT2D eigenvalue weighted by Crippen LogP contribution is 2.00. The van der Waals surface area contributed by atoms with Crippen LogP contribution in [0.4, 0.5) is 0 Å². The van der Waals surface area contributed by atoms with Gasteiger partial charge < -0.3 is 31.9 Å². The number of hydrogen-bond acceptors (Lipinski definition) is 6. The fourth-order valence-corrected chi connectivity index (χ4v) is 1.56. The number of amides is 1. The molecule has 0 aliphatic carbocycles. The van der Waals surface area contributed by atoms with Crippen LogP contribution in [0.25, 0.3) is 0 Å². The van der Waals surface area contributed by atoms with E-state index in [-0.39, 0.29) is 0 Å². The van der Waals surface area contributed by atoms with Crippen molar-refractivity contribution in [2.75, 3.05) is 26.8 Å². The van der Waals surface area contributed by atoms with Crippen LogP contribution in [0, 0.1) is 0 Å². The molecular weight excluding hydrogens is 290 g/mol. The van der Waals surface area contributed by atoms with Crippen LogP contribution in [0.15, 0.2) is 4.99 Å². The van der Waals surface area contributed by atoms with E-state index >= 15 is 0 Å². The molecule has 0 fully saturated rings. The van der Waals surface area contributed by atoms with Gasteiger partial charge >= 0.3 is 5.97 Å². The Balaban J connectivity index is 4.27. The van der Waals surface area contributed by atoms with Crippen molar-refractivity contribution in [2.24, 2.45) is 16.5 Å². The molecule has 0 aliphatic heterocycles. The zero-order chi connectivity index (χ0) is 17.0. The molecule has 0 aromatic heterocycles. The first-order valence-corrected chi connectivity index (χ1v) is 7.24. The summed E-state index contributed by atoms with van der Waals surface area (Å²) in [5.74, 6) is -0.816. The normalized spacial score (nSPS) is 14.1. The summed E-state index contributed by atoms with van der Waals surface area (Å²) in [6.45, 7) is 2.66. The van der Waals surface area contributed by atoms with Crippen LogP contribution in [-0.4, -0.2) is 61.8 Å². The maximum Gasteiger partial charge on any atom is 0.328 e. The van der Waals surface area contributed by atoms with E-state index in [0.29, 0.717) is 31.9 Å². The van der Waals surface area contributed by atoms with Crippen LogP contribution >= 0.6 is 0 Å². The number of hydrogen-bond donors (Lipinski definition) is 5. The number of methoxy groups -OCH3 is 1. The van der Waals surface area contributed by atoms with Gasteiger partial charge in [0.25, 0.3) is 0 Å². The second-order valence-electron chi connectivity index (χ2n) is 4.71. The van der Waals surface area contributed by atoms with Crippen LogP contribution in [-0.2, 0) is 14.3 Å². The van der Waals surface area contributed by atoms with Crippen LogP contribution in [0.5, 0.6) is 0 Å². The van der Waals surface area contributed by atoms with Crippen LogP contribution in [0.2, 0.25) is 0 Å². The summed E-state index contributed by atoms with van der Waals surface area (Å²) in [5.41, 5.74) is 11.0. The lowest BCUT2D eigenvalue weighted by molar-refractivity contribution is -0.145. The molecule has 7 N–H and O–H groups in total. The number of rotatable bonds is 10. The van der Waals surface area contributed by atoms with Crippen molar-refractivity contribution in [3.05, 3.63) is 0 Å². The van der Waals surface area contributed by atoms with E-state index in [1.165, 1.54) is 7.11 Å². The molecule has 22 heavy (non-hydrogen) atoms. The number of nitrogens with zero attached hydrogens (tertiary/aromatic N) is 1. The average molecular weight is 317 g/mol. The zero-order valence-electron chi connectivity index (χ0n) is 13.2. The Bertz CT molecular complexity index is 375. The standard InChI is InChI=1S/C13H27N5O4/c1-3-6-16-13(15)17-7-4-5-10(12(21)22-2)18-11(20)9(14)8-19/h9-10,19H,3-8,14H2,1-2H3,(H,18,20)(H3,15,16,17)/t9-,10-/m0/s1. The molecular formula is C13H27N5O4. The number of carbonyl (C=O) groups is 2. The Hall–Kier alpha value is -1.87. The predicted octanol–water partition coefficient (Wildman–Crippen LogP) is -1.94. The fourth-order valence-electron chi connectivity index (χ4n) is 1.56. The number of guanidine groups is 1. The molecule has 0 heterocycles. The Morgan fingerprint density at radius 3 is 2.64 bits per heavy atom. The SMILES string of the molecule is CCCN=C(N)NCCC[C@H](NC(=O)[C@@H](N)CO)C(=O)OC. The molecule has 0 unspecified atom stereocenters. The summed E-state index contributed by atoms with van der Waals surface area (Å²) in [6, 6.07) is -1.88. The summed E-state index contributed by atoms with van der Waals surface area (Å²) >= 11 is 0. The van der Waals surface area contributed by atoms with Crippen LogP contribution < -0.4 is 22.1 Å². The quantitative estimate of drug-likeness (QED) is 0.136. The van der Waals surface area contributed by atoms with Gasteiger partial charge in [-0.3, -0.25) is 9.79 Å². The third kappa shape index (κ3) is 8.42. The number of aliphatic hydroxyl groups excluding tert-OH is 1. The number of nitrogens with one attached hydrogen (secondary N) is 2. The van der Waals surface area contributed by atoms with Gasteiger partial charge in [-0.15, -0.1) is 0 Å². The van der Waals surface area contributed by atoms with E-state index in [0.717, 1.165) is 6.42 Å². The molecule has 0 aromatic carbocycles. The Kier molecular flexibility index (Phi) is 10.8. The molecule has 2 atom stereocenters. The van der Waals surface area contributed by atoms with Crippen molar-refractivity contribution in [2.45, 2.75) is 38.3 Å². The van der Waals surface area contributed by atoms with Crippen molar-refractivity contribution in [3.8, 4) is 0 Å². The second kappa shape index (κ2) is 11.8. The van der Waals surface area contributed by atoms with E-state index in [1.807, 2.05) is 6.92 Å². The van der Waals surface area contributed by atoms with Gasteiger partial charge in [-0.1, -0.05) is 6.92 Å². The van der Waals surface area contributed by atoms with E-state index < -0.39 is 30.6 Å². The Morgan fingerprint density at radius 1 is 1.41 bits per heavy atom. The molecule has 9 nitrogen and oxygen atoms in total. The maximum atomic E-state index is 11.6. The van der Waals surface area contributed by atoms with Gasteiger partial charge in [-0.2, -0.15) is 0 Å². The van der Waals surface area contributed by atoms with Crippen molar-refractivity contribution in [1.82, 2.24) is 10.6 Å². The molecule has 0 saturated carbocycles. The highest BCUT2D eigenvalue weighted by Gasteiger charge is 2.23. The summed E-state index contributed by atoms with van der Waals surface area (Å²) in [4.78, 5) is 27.3. The number of aliphatic hydroxyl groups is 1. The lowest BCUT2D eigenvalue weighted by Gasteiger charge is -2.18. The minimum Gasteiger partial charge on any atom is -0.467 e. The minimum atomic E-state index is -1.07. The molecule has 0 radical (unpaired) electrons. The molecule has 1 amide bonds. The van der Waals surface area contributed by atoms with Crippen molar-refractivity contribution >= 4 is 17.8 Å². The van der Waals surface area contributed by atoms with E-state index in [4.69, 9.17) is 16.6 Å². The third-order valence-corrected chi connectivity index (χ3v) is 2.82. The smallest absolute Gasteiger partial charge is 0.328 e. The lowest BCUT2D eigenvalue weighted by Crippen LogP contribution is -2.50. The topological polar surface area (TPSA) is 152 Å². The largest absolute Gasteiger partial charge is 0.467 e. The van der Waals surface area contributed by atoms with Crippen LogP contribution in [0.1, 0.15) is 26.2 Å². The molecule has 0 saturated heterocycles. The van der Waals surface area contributed by atoms with Gasteiger partial charge in [0, 0.05) is 13.1 Å². The minimum absolute atomic E-state index is 0.350. The highest BCUT2D eigenvalue weighted by atomic mass is 16.5. The maximum absolute atomic E-state index is 11.6. The number of ether oxygens (including phenoxy) is 1. The van der Waals surface area contributed by atoms with Crippen molar-refractivity contribution < 1.29 is 19.4 Å². The molecule has 0 spiro atoms. The highest BCUT2D eigenvalue weighted by molar-refractivity contribution is 5.87. The molecule has 0 bridgehead atoms. The van der Waals surface area contributed by atoms with Gasteiger partial charge in [0.1, 0.15) is 12.1 Å². The van der Waals surface area contributed by atoms with E-state index in [2.05, 4.69) is 20.4 Å². The number of esters is 1. The molecule has 0 aliphatic rings. The second-order valence-corrected chi connectivity index (χ2v) is 4.71. The summed E-state index contributed by atoms with van der Waals surface area (Å²) < 4.78 is 4.63. The first kappa shape index (κ1) is 20.1. The zero-order valence-corrected chi connectivity index (χ0v) is 13.2. The number of carbonyl (C=O) groups excluding carboxylic acids is 2. The summed E-state index contributed by atoms with van der Waals surface area (Å²) in [6.07, 6.45) is 1.82.